The van der Waals surface area contributed by atoms with Crippen molar-refractivity contribution in [3.8, 4) is 0 Å². The van der Waals surface area contributed by atoms with E-state index in [1.54, 1.807) is 14.0 Å². The zero-order valence-electron chi connectivity index (χ0n) is 15.2. The van der Waals surface area contributed by atoms with Crippen molar-refractivity contribution in [3.05, 3.63) is 83.1 Å². The normalized spacial score (nSPS) is 23.0. The second kappa shape index (κ2) is 6.61. The number of benzene rings is 2. The van der Waals surface area contributed by atoms with E-state index >= 15 is 0 Å². The molecule has 0 unspecified atom stereocenters. The number of hydrogen-bond donors (Lipinski definition) is 1. The van der Waals surface area contributed by atoms with Gasteiger partial charge in [0.1, 0.15) is 0 Å². The number of likely N-dealkylation sites (N-methyl/N-ethyl adjacent to an activating group) is 1. The van der Waals surface area contributed by atoms with Crippen molar-refractivity contribution >= 4 is 5.96 Å². The maximum atomic E-state index is 13.9. The Morgan fingerprint density at radius 1 is 1.07 bits per heavy atom. The van der Waals surface area contributed by atoms with Gasteiger partial charge in [-0.15, -0.1) is 0 Å². The van der Waals surface area contributed by atoms with Crippen LogP contribution in [0.15, 0.2) is 59.7 Å². The molecule has 0 aliphatic carbocycles. The quantitative estimate of drug-likeness (QED) is 0.746. The van der Waals surface area contributed by atoms with Crippen LogP contribution in [0.4, 0.5) is 22.0 Å². The summed E-state index contributed by atoms with van der Waals surface area (Å²) in [7, 11) is 1.63. The van der Waals surface area contributed by atoms with Crippen LogP contribution < -0.4 is 5.73 Å². The van der Waals surface area contributed by atoms with Gasteiger partial charge in [0, 0.05) is 12.7 Å². The molecule has 2 aromatic carbocycles. The number of rotatable bonds is 2. The predicted octanol–water partition coefficient (Wildman–Crippen LogP) is 4.76. The molecule has 28 heavy (non-hydrogen) atoms. The SMILES string of the molecule is C=C1[C@@H](c2ccc(C(F)(F)F)cc2)[C@@](C)(c2ccc(F)c(F)c2)N=C(N)N1C. The number of guanidine groups is 1. The molecule has 2 aromatic rings. The average Bonchev–Trinajstić information content (AvgIpc) is 2.62. The van der Waals surface area contributed by atoms with Crippen LogP contribution >= 0.6 is 0 Å². The van der Waals surface area contributed by atoms with E-state index in [2.05, 4.69) is 11.6 Å². The lowest BCUT2D eigenvalue weighted by Crippen LogP contribution is -2.47. The van der Waals surface area contributed by atoms with Crippen molar-refractivity contribution in [1.29, 1.82) is 0 Å². The summed E-state index contributed by atoms with van der Waals surface area (Å²) in [5.41, 5.74) is 5.28. The first-order valence-corrected chi connectivity index (χ1v) is 8.35. The number of aliphatic imine (C=N–C) groups is 1. The minimum absolute atomic E-state index is 0.111. The number of hydrogen-bond acceptors (Lipinski definition) is 3. The Balaban J connectivity index is 2.17. The molecule has 0 radical (unpaired) electrons. The van der Waals surface area contributed by atoms with Gasteiger partial charge in [-0.05, 0) is 42.3 Å². The highest BCUT2D eigenvalue weighted by atomic mass is 19.4. The summed E-state index contributed by atoms with van der Waals surface area (Å²) in [4.78, 5) is 5.98. The van der Waals surface area contributed by atoms with Gasteiger partial charge in [-0.25, -0.2) is 13.8 Å². The van der Waals surface area contributed by atoms with Gasteiger partial charge in [0.2, 0.25) is 0 Å². The van der Waals surface area contributed by atoms with Gasteiger partial charge in [0.15, 0.2) is 17.6 Å². The van der Waals surface area contributed by atoms with Crippen molar-refractivity contribution in [1.82, 2.24) is 4.90 Å². The minimum Gasteiger partial charge on any atom is -0.370 e. The predicted molar refractivity (Wildman–Crippen MR) is 96.4 cm³/mol. The summed E-state index contributed by atoms with van der Waals surface area (Å²) in [5.74, 6) is -2.59. The molecule has 148 valence electrons. The largest absolute Gasteiger partial charge is 0.416 e. The van der Waals surface area contributed by atoms with Gasteiger partial charge < -0.3 is 10.6 Å². The van der Waals surface area contributed by atoms with Crippen LogP contribution in [0, 0.1) is 11.6 Å². The van der Waals surface area contributed by atoms with Crippen LogP contribution in [-0.4, -0.2) is 17.9 Å². The molecule has 0 spiro atoms. The molecule has 0 saturated carbocycles. The molecule has 0 saturated heterocycles. The van der Waals surface area contributed by atoms with Gasteiger partial charge >= 0.3 is 6.18 Å². The maximum Gasteiger partial charge on any atom is 0.416 e. The van der Waals surface area contributed by atoms with E-state index in [1.165, 1.54) is 23.1 Å². The standard InChI is InChI=1S/C20H18F5N3/c1-11-17(12-4-6-13(7-5-12)20(23,24)25)19(2,27-18(26)28(11)3)14-8-9-15(21)16(22)10-14/h4-10,17H,1H2,2-3H3,(H2,26,27)/t17-,19+/m0/s1. The molecule has 2 atom stereocenters. The summed E-state index contributed by atoms with van der Waals surface area (Å²) in [5, 5.41) is 0. The van der Waals surface area contributed by atoms with E-state index in [1.807, 2.05) is 0 Å². The third-order valence-corrected chi connectivity index (χ3v) is 5.09. The minimum atomic E-state index is -4.47. The van der Waals surface area contributed by atoms with E-state index < -0.39 is 34.8 Å². The summed E-state index contributed by atoms with van der Waals surface area (Å²) in [6.45, 7) is 5.67. The van der Waals surface area contributed by atoms with E-state index in [0.717, 1.165) is 24.3 Å². The third kappa shape index (κ3) is 3.23. The summed E-state index contributed by atoms with van der Waals surface area (Å²) in [6, 6.07) is 7.98. The number of nitrogens with two attached hydrogens (primary N) is 1. The van der Waals surface area contributed by atoms with E-state index in [0.29, 0.717) is 16.8 Å². The molecule has 1 aliphatic heterocycles. The fourth-order valence-electron chi connectivity index (χ4n) is 3.47. The van der Waals surface area contributed by atoms with E-state index in [4.69, 9.17) is 5.73 Å². The van der Waals surface area contributed by atoms with Crippen LogP contribution in [0.25, 0.3) is 0 Å². The number of nitrogens with zero attached hydrogens (tertiary/aromatic N) is 2. The average molecular weight is 395 g/mol. The lowest BCUT2D eigenvalue weighted by atomic mass is 9.73. The molecule has 0 fully saturated rings. The van der Waals surface area contributed by atoms with Crippen LogP contribution in [0.3, 0.4) is 0 Å². The fourth-order valence-corrected chi connectivity index (χ4v) is 3.47. The van der Waals surface area contributed by atoms with Crippen LogP contribution in [-0.2, 0) is 11.7 Å². The van der Waals surface area contributed by atoms with Crippen molar-refractivity contribution < 1.29 is 22.0 Å². The van der Waals surface area contributed by atoms with Gasteiger partial charge in [-0.2, -0.15) is 13.2 Å². The number of alkyl halides is 3. The van der Waals surface area contributed by atoms with E-state index in [9.17, 15) is 22.0 Å². The van der Waals surface area contributed by atoms with Crippen molar-refractivity contribution in [3.63, 3.8) is 0 Å². The molecule has 0 aromatic heterocycles. The molecule has 0 amide bonds. The molecule has 3 rings (SSSR count). The lowest BCUT2D eigenvalue weighted by molar-refractivity contribution is -0.137. The Labute approximate surface area is 159 Å². The fraction of sp³-hybridized carbons (Fsp3) is 0.250. The Morgan fingerprint density at radius 2 is 1.68 bits per heavy atom. The van der Waals surface area contributed by atoms with Crippen LogP contribution in [0.2, 0.25) is 0 Å². The van der Waals surface area contributed by atoms with Crippen molar-refractivity contribution in [2.45, 2.75) is 24.6 Å². The Kier molecular flexibility index (Phi) is 4.69. The summed E-state index contributed by atoms with van der Waals surface area (Å²) in [6.07, 6.45) is -4.47. The molecule has 0 bridgehead atoms. The molecule has 2 N–H and O–H groups in total. The highest BCUT2D eigenvalue weighted by molar-refractivity contribution is 5.82. The third-order valence-electron chi connectivity index (χ3n) is 5.09. The monoisotopic (exact) mass is 395 g/mol. The first-order valence-electron chi connectivity index (χ1n) is 8.35. The first kappa shape index (κ1) is 19.9. The van der Waals surface area contributed by atoms with Crippen LogP contribution in [0.5, 0.6) is 0 Å². The highest BCUT2D eigenvalue weighted by Crippen LogP contribution is 2.48. The van der Waals surface area contributed by atoms with Crippen molar-refractivity contribution in [2.75, 3.05) is 7.05 Å². The van der Waals surface area contributed by atoms with Gasteiger partial charge in [-0.1, -0.05) is 24.8 Å². The van der Waals surface area contributed by atoms with Crippen molar-refractivity contribution in [2.24, 2.45) is 10.7 Å². The van der Waals surface area contributed by atoms with Gasteiger partial charge in [-0.3, -0.25) is 0 Å². The van der Waals surface area contributed by atoms with E-state index in [-0.39, 0.29) is 5.96 Å². The summed E-state index contributed by atoms with van der Waals surface area (Å²) >= 11 is 0. The zero-order chi connectivity index (χ0) is 20.9. The Bertz CT molecular complexity index is 949. The summed E-state index contributed by atoms with van der Waals surface area (Å²) < 4.78 is 66.0. The topological polar surface area (TPSA) is 41.6 Å². The second-order valence-corrected chi connectivity index (χ2v) is 6.85. The molecule has 8 heteroatoms. The smallest absolute Gasteiger partial charge is 0.370 e. The molecule has 3 nitrogen and oxygen atoms in total. The Hall–Kier alpha value is -2.90. The maximum absolute atomic E-state index is 13.9. The number of halogens is 5. The van der Waals surface area contributed by atoms with Crippen LogP contribution in [0.1, 0.15) is 29.5 Å². The van der Waals surface area contributed by atoms with Gasteiger partial charge in [0.25, 0.3) is 0 Å². The van der Waals surface area contributed by atoms with Gasteiger partial charge in [0.05, 0.1) is 17.0 Å². The lowest BCUT2D eigenvalue weighted by Gasteiger charge is -2.44. The molecular weight excluding hydrogens is 377 g/mol. The first-order chi connectivity index (χ1) is 12.9. The Morgan fingerprint density at radius 3 is 2.21 bits per heavy atom. The molecular formula is C20H18F5N3. The highest BCUT2D eigenvalue weighted by Gasteiger charge is 2.44. The second-order valence-electron chi connectivity index (χ2n) is 6.85. The molecule has 1 heterocycles. The zero-order valence-corrected chi connectivity index (χ0v) is 15.2. The molecule has 1 aliphatic rings.